The van der Waals surface area contributed by atoms with E-state index >= 15 is 0 Å². The van der Waals surface area contributed by atoms with Crippen LogP contribution in [-0.4, -0.2) is 32.9 Å². The van der Waals surface area contributed by atoms with E-state index in [9.17, 15) is 14.7 Å². The molecular weight excluding hydrogens is 320 g/mol. The molecule has 0 amide bonds. The first kappa shape index (κ1) is 17.3. The Hall–Kier alpha value is -2.54. The van der Waals surface area contributed by atoms with Crippen LogP contribution in [0, 0.1) is 0 Å². The molecule has 0 bridgehead atoms. The number of rotatable bonds is 5. The number of aromatic nitrogens is 2. The maximum atomic E-state index is 12.6. The quantitative estimate of drug-likeness (QED) is 0.825. The number of hydrogen-bond acceptors (Lipinski definition) is 5. The van der Waals surface area contributed by atoms with E-state index in [2.05, 4.69) is 0 Å². The van der Waals surface area contributed by atoms with Gasteiger partial charge in [-0.2, -0.15) is 0 Å². The predicted octanol–water partition coefficient (Wildman–Crippen LogP) is 0.529. The third-order valence-corrected chi connectivity index (χ3v) is 4.74. The number of nitrogens with zero attached hydrogens (tertiary/aromatic N) is 3. The zero-order valence-electron chi connectivity index (χ0n) is 14.6. The number of benzene rings is 1. The first-order chi connectivity index (χ1) is 11.9. The van der Waals surface area contributed by atoms with Crippen molar-refractivity contribution in [2.75, 3.05) is 23.7 Å². The Balaban J connectivity index is 2.00. The van der Waals surface area contributed by atoms with Crippen molar-refractivity contribution < 1.29 is 5.11 Å². The molecule has 1 aromatic carbocycles. The number of anilines is 2. The van der Waals surface area contributed by atoms with Crippen LogP contribution < -0.4 is 21.9 Å². The van der Waals surface area contributed by atoms with Gasteiger partial charge in [0.2, 0.25) is 0 Å². The van der Waals surface area contributed by atoms with Gasteiger partial charge in [-0.25, -0.2) is 4.79 Å². The minimum atomic E-state index is -0.785. The molecule has 0 spiro atoms. The summed E-state index contributed by atoms with van der Waals surface area (Å²) in [6, 6.07) is 9.48. The van der Waals surface area contributed by atoms with E-state index in [0.29, 0.717) is 31.7 Å². The minimum Gasteiger partial charge on any atom is -0.386 e. The van der Waals surface area contributed by atoms with Gasteiger partial charge in [0.1, 0.15) is 11.5 Å². The summed E-state index contributed by atoms with van der Waals surface area (Å²) >= 11 is 0. The molecule has 0 atom stereocenters. The highest BCUT2D eigenvalue weighted by Gasteiger charge is 2.42. The van der Waals surface area contributed by atoms with E-state index in [1.54, 1.807) is 4.90 Å². The lowest BCUT2D eigenvalue weighted by atomic mass is 9.89. The maximum Gasteiger partial charge on any atom is 0.332 e. The van der Waals surface area contributed by atoms with Crippen molar-refractivity contribution in [3.8, 4) is 0 Å². The fraction of sp³-hybridized carbons (Fsp3) is 0.444. The van der Waals surface area contributed by atoms with Gasteiger partial charge >= 0.3 is 5.69 Å². The highest BCUT2D eigenvalue weighted by atomic mass is 16.3. The second kappa shape index (κ2) is 6.40. The second-order valence-electron chi connectivity index (χ2n) is 6.78. The Morgan fingerprint density at radius 3 is 2.44 bits per heavy atom. The third kappa shape index (κ3) is 3.07. The molecule has 1 saturated heterocycles. The molecule has 0 aliphatic carbocycles. The van der Waals surface area contributed by atoms with Crippen LogP contribution in [0.4, 0.5) is 11.5 Å². The summed E-state index contributed by atoms with van der Waals surface area (Å²) in [5.41, 5.74) is 5.76. The van der Waals surface area contributed by atoms with Gasteiger partial charge in [0.05, 0.1) is 12.1 Å². The van der Waals surface area contributed by atoms with E-state index in [4.69, 9.17) is 5.73 Å². The van der Waals surface area contributed by atoms with Gasteiger partial charge in [-0.3, -0.25) is 13.9 Å². The number of β-amino-alcohol motifs (C(OH)–C–C–N with tert-alkyl or cyclic N) is 1. The molecule has 0 radical (unpaired) electrons. The van der Waals surface area contributed by atoms with Crippen LogP contribution in [-0.2, 0) is 13.6 Å². The van der Waals surface area contributed by atoms with E-state index in [1.165, 1.54) is 11.6 Å². The van der Waals surface area contributed by atoms with Crippen molar-refractivity contribution in [2.45, 2.75) is 31.9 Å². The summed E-state index contributed by atoms with van der Waals surface area (Å²) in [7, 11) is 1.45. The zero-order chi connectivity index (χ0) is 18.2. The third-order valence-electron chi connectivity index (χ3n) is 4.74. The van der Waals surface area contributed by atoms with Gasteiger partial charge in [0, 0.05) is 20.1 Å². The molecule has 25 heavy (non-hydrogen) atoms. The Morgan fingerprint density at radius 2 is 1.84 bits per heavy atom. The first-order valence-electron chi connectivity index (χ1n) is 8.47. The maximum absolute atomic E-state index is 12.6. The van der Waals surface area contributed by atoms with Crippen molar-refractivity contribution in [2.24, 2.45) is 7.05 Å². The smallest absolute Gasteiger partial charge is 0.332 e. The van der Waals surface area contributed by atoms with Crippen molar-refractivity contribution in [1.29, 1.82) is 0 Å². The molecule has 7 heteroatoms. The van der Waals surface area contributed by atoms with Crippen molar-refractivity contribution >= 4 is 11.5 Å². The molecule has 0 unspecified atom stereocenters. The van der Waals surface area contributed by atoms with Crippen molar-refractivity contribution in [3.05, 3.63) is 56.7 Å². The fourth-order valence-corrected chi connectivity index (χ4v) is 3.43. The van der Waals surface area contributed by atoms with Crippen LogP contribution in [0.25, 0.3) is 0 Å². The second-order valence-corrected chi connectivity index (χ2v) is 6.78. The first-order valence-corrected chi connectivity index (χ1v) is 8.47. The average Bonchev–Trinajstić information content (AvgIpc) is 2.57. The average molecular weight is 344 g/mol. The Kier molecular flexibility index (Phi) is 4.43. The minimum absolute atomic E-state index is 0.149. The van der Waals surface area contributed by atoms with Crippen LogP contribution in [0.2, 0.25) is 0 Å². The summed E-state index contributed by atoms with van der Waals surface area (Å²) in [6.07, 6.45) is 1.54. The van der Waals surface area contributed by atoms with Crippen LogP contribution >= 0.6 is 0 Å². The highest BCUT2D eigenvalue weighted by Crippen LogP contribution is 2.31. The van der Waals surface area contributed by atoms with Crippen LogP contribution in [0.15, 0.2) is 39.9 Å². The molecule has 7 nitrogen and oxygen atoms in total. The van der Waals surface area contributed by atoms with Gasteiger partial charge in [-0.05, 0) is 12.0 Å². The Morgan fingerprint density at radius 1 is 1.20 bits per heavy atom. The molecule has 0 saturated carbocycles. The molecule has 134 valence electrons. The predicted molar refractivity (Wildman–Crippen MR) is 98.0 cm³/mol. The van der Waals surface area contributed by atoms with Gasteiger partial charge in [-0.1, -0.05) is 43.7 Å². The van der Waals surface area contributed by atoms with E-state index < -0.39 is 16.9 Å². The van der Waals surface area contributed by atoms with Gasteiger partial charge in [0.15, 0.2) is 0 Å². The summed E-state index contributed by atoms with van der Waals surface area (Å²) in [4.78, 5) is 26.8. The van der Waals surface area contributed by atoms with Crippen molar-refractivity contribution in [3.63, 3.8) is 0 Å². The molecule has 1 fully saturated rings. The van der Waals surface area contributed by atoms with Gasteiger partial charge in [0.25, 0.3) is 5.56 Å². The summed E-state index contributed by atoms with van der Waals surface area (Å²) in [6.45, 7) is 3.00. The molecular formula is C18H24N4O3. The highest BCUT2D eigenvalue weighted by molar-refractivity contribution is 5.65. The fourth-order valence-electron chi connectivity index (χ4n) is 3.43. The summed E-state index contributed by atoms with van der Waals surface area (Å²) in [5.74, 6) is 0.149. The molecule has 2 aromatic rings. The number of hydrogen-bond donors (Lipinski definition) is 2. The molecule has 3 rings (SSSR count). The molecule has 1 aliphatic heterocycles. The SMILES string of the molecule is CCCC1(O)CN(c2c(N)n(Cc3ccccc3)c(=O)n(C)c2=O)C1. The van der Waals surface area contributed by atoms with Gasteiger partial charge < -0.3 is 15.7 Å². The van der Waals surface area contributed by atoms with Crippen LogP contribution in [0.5, 0.6) is 0 Å². The topological polar surface area (TPSA) is 93.5 Å². The van der Waals surface area contributed by atoms with Crippen molar-refractivity contribution in [1.82, 2.24) is 9.13 Å². The molecule has 1 aliphatic rings. The van der Waals surface area contributed by atoms with E-state index in [1.807, 2.05) is 37.3 Å². The normalized spacial score (nSPS) is 15.9. The lowest BCUT2D eigenvalue weighted by Gasteiger charge is -2.47. The molecule has 3 N–H and O–H groups in total. The Labute approximate surface area is 145 Å². The monoisotopic (exact) mass is 344 g/mol. The number of nitrogen functional groups attached to an aromatic ring is 1. The lowest BCUT2D eigenvalue weighted by Crippen LogP contribution is -2.63. The molecule has 2 heterocycles. The van der Waals surface area contributed by atoms with Gasteiger partial charge in [-0.15, -0.1) is 0 Å². The van der Waals surface area contributed by atoms with Crippen LogP contribution in [0.1, 0.15) is 25.3 Å². The van der Waals surface area contributed by atoms with Crippen LogP contribution in [0.3, 0.4) is 0 Å². The summed E-state index contributed by atoms with van der Waals surface area (Å²) in [5, 5.41) is 10.4. The lowest BCUT2D eigenvalue weighted by molar-refractivity contribution is 0.00323. The largest absolute Gasteiger partial charge is 0.386 e. The van der Waals surface area contributed by atoms with E-state index in [-0.39, 0.29) is 5.82 Å². The number of nitrogens with two attached hydrogens (primary N) is 1. The Bertz CT molecular complexity index is 880. The summed E-state index contributed by atoms with van der Waals surface area (Å²) < 4.78 is 2.48. The number of aliphatic hydroxyl groups is 1. The van der Waals surface area contributed by atoms with E-state index in [0.717, 1.165) is 16.6 Å². The zero-order valence-corrected chi connectivity index (χ0v) is 14.6. The molecule has 1 aromatic heterocycles. The standard InChI is InChI=1S/C18H24N4O3/c1-3-9-18(25)11-21(12-18)14-15(19)22(17(24)20(2)16(14)23)10-13-7-5-4-6-8-13/h4-8,25H,3,9-12,19H2,1-2H3.